The van der Waals surface area contributed by atoms with E-state index in [1.165, 1.54) is 38.4 Å². The molecule has 194 valence electrons. The van der Waals surface area contributed by atoms with Crippen molar-refractivity contribution in [2.75, 3.05) is 38.9 Å². The summed E-state index contributed by atoms with van der Waals surface area (Å²) in [7, 11) is 0.147. The van der Waals surface area contributed by atoms with E-state index < -0.39 is 22.0 Å². The van der Waals surface area contributed by atoms with E-state index in [1.54, 1.807) is 12.1 Å². The number of nitrogens with zero attached hydrogens (tertiary/aromatic N) is 2. The van der Waals surface area contributed by atoms with E-state index in [4.69, 9.17) is 27.5 Å². The summed E-state index contributed by atoms with van der Waals surface area (Å²) in [5, 5.41) is 12.9. The molecule has 0 spiro atoms. The Morgan fingerprint density at radius 2 is 1.78 bits per heavy atom. The Morgan fingerprint density at radius 1 is 1.11 bits per heavy atom. The lowest BCUT2D eigenvalue weighted by molar-refractivity contribution is -0.122. The molecule has 0 bridgehead atoms. The summed E-state index contributed by atoms with van der Waals surface area (Å²) >= 11 is 6.15. The van der Waals surface area contributed by atoms with Crippen LogP contribution in [0.2, 0.25) is 5.02 Å². The minimum absolute atomic E-state index is 0.00642. The third kappa shape index (κ3) is 7.33. The minimum atomic E-state index is -3.78. The van der Waals surface area contributed by atoms with Gasteiger partial charge in [-0.1, -0.05) is 23.7 Å². The lowest BCUT2D eigenvalue weighted by Gasteiger charge is -2.24. The van der Waals surface area contributed by atoms with Gasteiger partial charge in [0.05, 0.1) is 6.26 Å². The lowest BCUT2D eigenvalue weighted by Crippen LogP contribution is -2.41. The highest BCUT2D eigenvalue weighted by atomic mass is 35.5. The zero-order chi connectivity index (χ0) is 27.2. The second-order valence-electron chi connectivity index (χ2n) is 7.65. The number of sulfonamides is 1. The number of amides is 4. The van der Waals surface area contributed by atoms with Gasteiger partial charge in [-0.15, -0.1) is 0 Å². The molecule has 0 aliphatic heterocycles. The van der Waals surface area contributed by atoms with Crippen LogP contribution < -0.4 is 26.0 Å². The number of urea groups is 1. The molecule has 0 fully saturated rings. The van der Waals surface area contributed by atoms with Crippen molar-refractivity contribution in [2.45, 2.75) is 6.54 Å². The quantitative estimate of drug-likeness (QED) is 0.273. The molecule has 2 rings (SSSR count). The SMILES string of the molecule is CNC(=O)COc1cc(C(=N)N)ccc1CNC(=O)c1cc(Cl)cc(N(C)C(=O)N(C)S(C)(=O)=O)c1. The van der Waals surface area contributed by atoms with Crippen LogP contribution in [0, 0.1) is 5.41 Å². The molecule has 0 atom stereocenters. The van der Waals surface area contributed by atoms with Crippen LogP contribution in [0.3, 0.4) is 0 Å². The molecule has 2 aromatic rings. The fourth-order valence-electron chi connectivity index (χ4n) is 2.86. The van der Waals surface area contributed by atoms with E-state index in [9.17, 15) is 22.8 Å². The maximum atomic E-state index is 12.9. The molecule has 4 amide bonds. The number of hydrogen-bond acceptors (Lipinski definition) is 7. The highest BCUT2D eigenvalue weighted by Gasteiger charge is 2.24. The number of likely N-dealkylation sites (N-methyl/N-ethyl adjacent to an activating group) is 1. The molecular formula is C22H27ClN6O6S. The van der Waals surface area contributed by atoms with Crippen LogP contribution >= 0.6 is 11.6 Å². The van der Waals surface area contributed by atoms with Crippen molar-refractivity contribution in [1.82, 2.24) is 14.9 Å². The molecule has 12 nitrogen and oxygen atoms in total. The van der Waals surface area contributed by atoms with Crippen LogP contribution in [0.15, 0.2) is 36.4 Å². The normalized spacial score (nSPS) is 10.8. The van der Waals surface area contributed by atoms with Crippen molar-refractivity contribution in [3.8, 4) is 5.75 Å². The summed E-state index contributed by atoms with van der Waals surface area (Å²) in [4.78, 5) is 38.0. The molecule has 0 heterocycles. The number of benzene rings is 2. The number of rotatable bonds is 9. The summed E-state index contributed by atoms with van der Waals surface area (Å²) < 4.78 is 29.5. The van der Waals surface area contributed by atoms with Crippen molar-refractivity contribution in [1.29, 1.82) is 5.41 Å². The highest BCUT2D eigenvalue weighted by molar-refractivity contribution is 7.88. The maximum absolute atomic E-state index is 12.9. The summed E-state index contributed by atoms with van der Waals surface area (Å²) in [6.07, 6.45) is 0.894. The zero-order valence-electron chi connectivity index (χ0n) is 20.1. The summed E-state index contributed by atoms with van der Waals surface area (Å²) in [6, 6.07) is 8.02. The molecule has 0 radical (unpaired) electrons. The van der Waals surface area contributed by atoms with Crippen LogP contribution in [0.1, 0.15) is 21.5 Å². The Labute approximate surface area is 213 Å². The van der Waals surface area contributed by atoms with Gasteiger partial charge in [-0.3, -0.25) is 19.9 Å². The summed E-state index contributed by atoms with van der Waals surface area (Å²) in [5.41, 5.74) is 6.74. The zero-order valence-corrected chi connectivity index (χ0v) is 21.7. The van der Waals surface area contributed by atoms with E-state index in [0.717, 1.165) is 18.2 Å². The van der Waals surface area contributed by atoms with Crippen molar-refractivity contribution in [2.24, 2.45) is 5.73 Å². The number of ether oxygens (including phenoxy) is 1. The number of carbonyl (C=O) groups excluding carboxylic acids is 3. The number of nitrogen functional groups attached to an aromatic ring is 1. The van der Waals surface area contributed by atoms with Gasteiger partial charge in [-0.25, -0.2) is 17.5 Å². The first-order valence-electron chi connectivity index (χ1n) is 10.4. The smallest absolute Gasteiger partial charge is 0.337 e. The molecule has 0 aliphatic rings. The Bertz CT molecular complexity index is 1300. The number of carbonyl (C=O) groups is 3. The lowest BCUT2D eigenvalue weighted by atomic mass is 10.1. The Kier molecular flexibility index (Phi) is 9.25. The van der Waals surface area contributed by atoms with Gasteiger partial charge >= 0.3 is 6.03 Å². The average Bonchev–Trinajstić information content (AvgIpc) is 2.83. The number of hydrogen-bond donors (Lipinski definition) is 4. The van der Waals surface area contributed by atoms with Gasteiger partial charge in [-0.05, 0) is 24.3 Å². The molecule has 0 aromatic heterocycles. The van der Waals surface area contributed by atoms with Crippen molar-refractivity contribution in [3.05, 3.63) is 58.1 Å². The first kappa shape index (κ1) is 28.4. The predicted octanol–water partition coefficient (Wildman–Crippen LogP) is 1.13. The van der Waals surface area contributed by atoms with Crippen molar-refractivity contribution >= 4 is 51.0 Å². The van der Waals surface area contributed by atoms with Crippen molar-refractivity contribution in [3.63, 3.8) is 0 Å². The standard InChI is InChI=1S/C22H27ClN6O6S/c1-26-19(30)12-35-18-9-13(20(24)25)5-6-14(18)11-27-21(31)15-7-16(23)10-17(8-15)28(2)22(32)29(3)36(4,33)34/h5-10H,11-12H2,1-4H3,(H3,24,25)(H,26,30)(H,27,31). The third-order valence-corrected chi connectivity index (χ3v) is 6.41. The number of amidine groups is 1. The monoisotopic (exact) mass is 538 g/mol. The van der Waals surface area contributed by atoms with E-state index in [2.05, 4.69) is 10.6 Å². The largest absolute Gasteiger partial charge is 0.483 e. The first-order valence-corrected chi connectivity index (χ1v) is 12.6. The molecule has 14 heteroatoms. The number of halogens is 1. The van der Waals surface area contributed by atoms with Gasteiger partial charge in [0.25, 0.3) is 11.8 Å². The second-order valence-corrected chi connectivity index (χ2v) is 10.1. The fourth-order valence-corrected chi connectivity index (χ4v) is 3.49. The molecular weight excluding hydrogens is 512 g/mol. The van der Waals surface area contributed by atoms with Gasteiger partial charge in [-0.2, -0.15) is 0 Å². The van der Waals surface area contributed by atoms with Crippen molar-refractivity contribution < 1.29 is 27.5 Å². The number of anilines is 1. The number of nitrogens with one attached hydrogen (secondary N) is 3. The topological polar surface area (TPSA) is 175 Å². The third-order valence-electron chi connectivity index (χ3n) is 5.04. The summed E-state index contributed by atoms with van der Waals surface area (Å²) in [6.45, 7) is -0.285. The molecule has 0 saturated heterocycles. The second kappa shape index (κ2) is 11.7. The van der Waals surface area contributed by atoms with Crippen LogP contribution in [0.25, 0.3) is 0 Å². The first-order chi connectivity index (χ1) is 16.7. The van der Waals surface area contributed by atoms with Gasteiger partial charge in [0.1, 0.15) is 11.6 Å². The van der Waals surface area contributed by atoms with Gasteiger partial charge in [0, 0.05) is 55.1 Å². The molecule has 5 N–H and O–H groups in total. The maximum Gasteiger partial charge on any atom is 0.337 e. The van der Waals surface area contributed by atoms with Crippen LogP contribution in [-0.2, 0) is 21.4 Å². The van der Waals surface area contributed by atoms with Crippen LogP contribution in [0.4, 0.5) is 10.5 Å². The van der Waals surface area contributed by atoms with Gasteiger partial charge in [0.15, 0.2) is 6.61 Å². The van der Waals surface area contributed by atoms with Gasteiger partial charge in [0.2, 0.25) is 10.0 Å². The summed E-state index contributed by atoms with van der Waals surface area (Å²) in [5.74, 6) is -0.844. The van der Waals surface area contributed by atoms with Crippen LogP contribution in [-0.4, -0.2) is 70.4 Å². The molecule has 0 aliphatic carbocycles. The predicted molar refractivity (Wildman–Crippen MR) is 136 cm³/mol. The van der Waals surface area contributed by atoms with E-state index in [-0.39, 0.29) is 46.9 Å². The average molecular weight is 539 g/mol. The molecule has 0 unspecified atom stereocenters. The van der Waals surface area contributed by atoms with E-state index >= 15 is 0 Å². The van der Waals surface area contributed by atoms with E-state index in [0.29, 0.717) is 15.4 Å². The molecule has 2 aromatic carbocycles. The Morgan fingerprint density at radius 3 is 2.36 bits per heavy atom. The molecule has 36 heavy (non-hydrogen) atoms. The molecule has 0 saturated carbocycles. The Hall–Kier alpha value is -3.84. The van der Waals surface area contributed by atoms with Gasteiger partial charge < -0.3 is 21.1 Å². The number of nitrogens with two attached hydrogens (primary N) is 1. The fraction of sp³-hybridized carbons (Fsp3) is 0.273. The Balaban J connectivity index is 2.25. The minimum Gasteiger partial charge on any atom is -0.483 e. The van der Waals surface area contributed by atoms with E-state index in [1.807, 2.05) is 0 Å². The van der Waals surface area contributed by atoms with Crippen LogP contribution in [0.5, 0.6) is 5.75 Å². The highest BCUT2D eigenvalue weighted by Crippen LogP contribution is 2.24.